The molecule has 1 aromatic carbocycles. The molecule has 0 aliphatic carbocycles. The number of nitrogens with two attached hydrogens (primary N) is 1. The van der Waals surface area contributed by atoms with E-state index in [-0.39, 0.29) is 6.10 Å². The Morgan fingerprint density at radius 2 is 2.29 bits per heavy atom. The van der Waals surface area contributed by atoms with Crippen LogP contribution in [0.2, 0.25) is 5.02 Å². The summed E-state index contributed by atoms with van der Waals surface area (Å²) < 4.78 is 5.58. The van der Waals surface area contributed by atoms with E-state index in [4.69, 9.17) is 27.1 Å². The molecule has 1 atom stereocenters. The third-order valence-electron chi connectivity index (χ3n) is 3.53. The molecule has 0 spiro atoms. The van der Waals surface area contributed by atoms with Crippen LogP contribution < -0.4 is 5.73 Å². The van der Waals surface area contributed by atoms with Crippen LogP contribution in [0.15, 0.2) is 29.6 Å². The smallest absolute Gasteiger partial charge is 0.125 e. The second kappa shape index (κ2) is 6.85. The summed E-state index contributed by atoms with van der Waals surface area (Å²) in [5.41, 5.74) is 7.75. The SMILES string of the molecule is NCC1CN(Cc2csc(-c3ccccc3Cl)n2)CCO1. The van der Waals surface area contributed by atoms with Crippen molar-refractivity contribution in [2.24, 2.45) is 5.73 Å². The van der Waals surface area contributed by atoms with Crippen LogP contribution in [0.25, 0.3) is 10.6 Å². The zero-order chi connectivity index (χ0) is 14.7. The molecule has 0 bridgehead atoms. The van der Waals surface area contributed by atoms with Crippen molar-refractivity contribution in [3.63, 3.8) is 0 Å². The number of morpholine rings is 1. The Hall–Kier alpha value is -0.980. The standard InChI is InChI=1S/C15H18ClN3OS/c16-14-4-2-1-3-13(14)15-18-11(10-21-15)8-19-5-6-20-12(7-17)9-19/h1-4,10,12H,5-9,17H2. The number of aromatic nitrogens is 1. The minimum atomic E-state index is 0.139. The quantitative estimate of drug-likeness (QED) is 0.939. The summed E-state index contributed by atoms with van der Waals surface area (Å²) in [5.74, 6) is 0. The average Bonchev–Trinajstić information content (AvgIpc) is 2.96. The van der Waals surface area contributed by atoms with Gasteiger partial charge in [0.25, 0.3) is 0 Å². The molecule has 6 heteroatoms. The maximum absolute atomic E-state index is 6.22. The monoisotopic (exact) mass is 323 g/mol. The molecule has 1 aliphatic rings. The third kappa shape index (κ3) is 3.62. The van der Waals surface area contributed by atoms with Crippen molar-refractivity contribution in [3.8, 4) is 10.6 Å². The van der Waals surface area contributed by atoms with Gasteiger partial charge in [0, 0.05) is 37.1 Å². The Kier molecular flexibility index (Phi) is 4.87. The van der Waals surface area contributed by atoms with Crippen molar-refractivity contribution in [1.82, 2.24) is 9.88 Å². The van der Waals surface area contributed by atoms with Gasteiger partial charge in [0.2, 0.25) is 0 Å². The fraction of sp³-hybridized carbons (Fsp3) is 0.400. The molecule has 2 heterocycles. The summed E-state index contributed by atoms with van der Waals surface area (Å²) >= 11 is 7.86. The average molecular weight is 324 g/mol. The van der Waals surface area contributed by atoms with Crippen molar-refractivity contribution in [1.29, 1.82) is 0 Å². The topological polar surface area (TPSA) is 51.4 Å². The Morgan fingerprint density at radius 1 is 1.43 bits per heavy atom. The Morgan fingerprint density at radius 3 is 3.10 bits per heavy atom. The maximum Gasteiger partial charge on any atom is 0.125 e. The van der Waals surface area contributed by atoms with Gasteiger partial charge in [0.1, 0.15) is 5.01 Å². The Bertz CT molecular complexity index is 604. The van der Waals surface area contributed by atoms with Gasteiger partial charge in [0.05, 0.1) is 23.4 Å². The van der Waals surface area contributed by atoms with Gasteiger partial charge in [-0.3, -0.25) is 4.90 Å². The first-order chi connectivity index (χ1) is 10.3. The lowest BCUT2D eigenvalue weighted by Crippen LogP contribution is -2.45. The predicted octanol–water partition coefficient (Wildman–Crippen LogP) is 2.62. The lowest BCUT2D eigenvalue weighted by atomic mass is 10.2. The van der Waals surface area contributed by atoms with Gasteiger partial charge >= 0.3 is 0 Å². The summed E-state index contributed by atoms with van der Waals surface area (Å²) in [7, 11) is 0. The highest BCUT2D eigenvalue weighted by molar-refractivity contribution is 7.13. The maximum atomic E-state index is 6.22. The molecule has 0 radical (unpaired) electrons. The molecule has 1 fully saturated rings. The molecule has 2 N–H and O–H groups in total. The molecule has 4 nitrogen and oxygen atoms in total. The van der Waals surface area contributed by atoms with E-state index in [1.54, 1.807) is 11.3 Å². The normalized spacial score (nSPS) is 19.8. The van der Waals surface area contributed by atoms with E-state index < -0.39 is 0 Å². The van der Waals surface area contributed by atoms with Crippen LogP contribution in [-0.4, -0.2) is 42.2 Å². The molecule has 112 valence electrons. The minimum absolute atomic E-state index is 0.139. The number of ether oxygens (including phenoxy) is 1. The fourth-order valence-electron chi connectivity index (χ4n) is 2.43. The molecule has 1 aromatic heterocycles. The van der Waals surface area contributed by atoms with E-state index in [0.717, 1.165) is 47.5 Å². The van der Waals surface area contributed by atoms with Gasteiger partial charge in [-0.1, -0.05) is 29.8 Å². The van der Waals surface area contributed by atoms with Crippen LogP contribution in [-0.2, 0) is 11.3 Å². The lowest BCUT2D eigenvalue weighted by molar-refractivity contribution is -0.0263. The second-order valence-electron chi connectivity index (χ2n) is 5.09. The number of halogens is 1. The molecule has 0 saturated carbocycles. The van der Waals surface area contributed by atoms with Gasteiger partial charge in [-0.05, 0) is 6.07 Å². The van der Waals surface area contributed by atoms with Crippen molar-refractivity contribution in [2.75, 3.05) is 26.2 Å². The predicted molar refractivity (Wildman–Crippen MR) is 86.6 cm³/mol. The van der Waals surface area contributed by atoms with Crippen LogP contribution in [0.3, 0.4) is 0 Å². The van der Waals surface area contributed by atoms with Gasteiger partial charge in [-0.2, -0.15) is 0 Å². The molecule has 2 aromatic rings. The summed E-state index contributed by atoms with van der Waals surface area (Å²) in [6, 6.07) is 7.81. The van der Waals surface area contributed by atoms with Crippen LogP contribution in [0.4, 0.5) is 0 Å². The summed E-state index contributed by atoms with van der Waals surface area (Å²) in [6.45, 7) is 3.94. The molecule has 1 saturated heterocycles. The van der Waals surface area contributed by atoms with E-state index in [1.807, 2.05) is 24.3 Å². The highest BCUT2D eigenvalue weighted by atomic mass is 35.5. The molecule has 21 heavy (non-hydrogen) atoms. The molecular formula is C15H18ClN3OS. The van der Waals surface area contributed by atoms with Crippen LogP contribution in [0.1, 0.15) is 5.69 Å². The molecule has 1 aliphatic heterocycles. The summed E-state index contributed by atoms with van der Waals surface area (Å²) in [4.78, 5) is 7.05. The first-order valence-electron chi connectivity index (χ1n) is 6.99. The van der Waals surface area contributed by atoms with Crippen LogP contribution >= 0.6 is 22.9 Å². The van der Waals surface area contributed by atoms with E-state index in [9.17, 15) is 0 Å². The van der Waals surface area contributed by atoms with Crippen molar-refractivity contribution >= 4 is 22.9 Å². The van der Waals surface area contributed by atoms with Crippen LogP contribution in [0.5, 0.6) is 0 Å². The molecule has 3 rings (SSSR count). The van der Waals surface area contributed by atoms with E-state index in [1.165, 1.54) is 0 Å². The van der Waals surface area contributed by atoms with E-state index in [0.29, 0.717) is 6.54 Å². The Balaban J connectivity index is 1.69. The first kappa shape index (κ1) is 14.9. The van der Waals surface area contributed by atoms with Gasteiger partial charge in [-0.15, -0.1) is 11.3 Å². The molecular weight excluding hydrogens is 306 g/mol. The van der Waals surface area contributed by atoms with Crippen LogP contribution in [0, 0.1) is 0 Å². The van der Waals surface area contributed by atoms with E-state index >= 15 is 0 Å². The van der Waals surface area contributed by atoms with Gasteiger partial charge in [0.15, 0.2) is 0 Å². The largest absolute Gasteiger partial charge is 0.374 e. The number of hydrogen-bond donors (Lipinski definition) is 1. The Labute approximate surface area is 133 Å². The summed E-state index contributed by atoms with van der Waals surface area (Å²) in [6.07, 6.45) is 0.139. The first-order valence-corrected chi connectivity index (χ1v) is 8.25. The van der Waals surface area contributed by atoms with Gasteiger partial charge < -0.3 is 10.5 Å². The van der Waals surface area contributed by atoms with Gasteiger partial charge in [-0.25, -0.2) is 4.98 Å². The molecule has 1 unspecified atom stereocenters. The summed E-state index contributed by atoms with van der Waals surface area (Å²) in [5, 5.41) is 3.82. The zero-order valence-corrected chi connectivity index (χ0v) is 13.2. The van der Waals surface area contributed by atoms with E-state index in [2.05, 4.69) is 10.3 Å². The minimum Gasteiger partial charge on any atom is -0.374 e. The number of benzene rings is 1. The second-order valence-corrected chi connectivity index (χ2v) is 6.35. The number of hydrogen-bond acceptors (Lipinski definition) is 5. The molecule has 0 amide bonds. The lowest BCUT2D eigenvalue weighted by Gasteiger charge is -2.31. The highest BCUT2D eigenvalue weighted by Gasteiger charge is 2.20. The number of nitrogens with zero attached hydrogens (tertiary/aromatic N) is 2. The number of rotatable bonds is 4. The van der Waals surface area contributed by atoms with Crippen molar-refractivity contribution < 1.29 is 4.74 Å². The fourth-order valence-corrected chi connectivity index (χ4v) is 3.56. The number of thiazole rings is 1. The third-order valence-corrected chi connectivity index (χ3v) is 4.78. The zero-order valence-electron chi connectivity index (χ0n) is 11.7. The van der Waals surface area contributed by atoms with Crippen molar-refractivity contribution in [3.05, 3.63) is 40.4 Å². The highest BCUT2D eigenvalue weighted by Crippen LogP contribution is 2.30. The van der Waals surface area contributed by atoms with Crippen molar-refractivity contribution in [2.45, 2.75) is 12.6 Å².